The van der Waals surface area contributed by atoms with Gasteiger partial charge >= 0.3 is 12.1 Å². The van der Waals surface area contributed by atoms with Crippen LogP contribution in [0.15, 0.2) is 0 Å². The highest BCUT2D eigenvalue weighted by Crippen LogP contribution is 2.34. The molecule has 6 unspecified atom stereocenters. The predicted octanol–water partition coefficient (Wildman–Crippen LogP) is 2.12. The van der Waals surface area contributed by atoms with Crippen molar-refractivity contribution in [2.45, 2.75) is 102 Å². The minimum Gasteiger partial charge on any atom is -0.368 e. The van der Waals surface area contributed by atoms with Crippen molar-refractivity contribution in [3.8, 4) is 0 Å². The number of hydrogen-bond acceptors (Lipinski definition) is 6. The van der Waals surface area contributed by atoms with E-state index in [9.17, 15) is 14.7 Å². The van der Waals surface area contributed by atoms with E-state index in [4.69, 9.17) is 14.2 Å². The van der Waals surface area contributed by atoms with E-state index in [0.29, 0.717) is 0 Å². The molecule has 0 aromatic rings. The van der Waals surface area contributed by atoms with E-state index in [2.05, 4.69) is 20.8 Å². The summed E-state index contributed by atoms with van der Waals surface area (Å²) < 4.78 is 17.0. The summed E-state index contributed by atoms with van der Waals surface area (Å²) in [5, 5.41) is 10.9. The average Bonchev–Trinajstić information content (AvgIpc) is 3.62. The Labute approximate surface area is 178 Å². The van der Waals surface area contributed by atoms with Crippen molar-refractivity contribution in [3.05, 3.63) is 0 Å². The first-order chi connectivity index (χ1) is 14.5. The number of urea groups is 2. The number of amides is 4. The molecule has 170 valence electrons. The van der Waals surface area contributed by atoms with E-state index in [-0.39, 0.29) is 56.3 Å². The molecule has 4 aliphatic heterocycles. The third kappa shape index (κ3) is 4.59. The van der Waals surface area contributed by atoms with Crippen LogP contribution in [0.1, 0.15) is 59.3 Å². The van der Waals surface area contributed by atoms with Crippen molar-refractivity contribution in [2.24, 2.45) is 0 Å². The number of carbonyl (C=O) groups is 2. The summed E-state index contributed by atoms with van der Waals surface area (Å²) in [5.74, 6) is 0. The highest BCUT2D eigenvalue weighted by atomic mass is 16.6. The fourth-order valence-corrected chi connectivity index (χ4v) is 4.46. The van der Waals surface area contributed by atoms with Crippen LogP contribution in [-0.2, 0) is 14.2 Å². The Morgan fingerprint density at radius 3 is 1.40 bits per heavy atom. The standard InChI is InChI=1S/C21H35N3O6/c1-4-7-13-16(28-13)10-22-19(25)23(11-17-14(29-17)8-5-2)21(27)24(20(22)26)12-18-15(30-18)9-6-3/h13-19,25H,4-12H2,1-3H3. The molecule has 9 nitrogen and oxygen atoms in total. The number of aliphatic hydroxyl groups excluding tert-OH is 1. The Balaban J connectivity index is 1.43. The average molecular weight is 426 g/mol. The molecule has 0 bridgehead atoms. The number of carbonyl (C=O) groups excluding carboxylic acids is 2. The molecule has 0 aromatic heterocycles. The van der Waals surface area contributed by atoms with Gasteiger partial charge in [0, 0.05) is 0 Å². The molecule has 9 heteroatoms. The van der Waals surface area contributed by atoms with Crippen LogP contribution in [0, 0.1) is 0 Å². The van der Waals surface area contributed by atoms with Crippen LogP contribution in [0.5, 0.6) is 0 Å². The van der Waals surface area contributed by atoms with Crippen LogP contribution in [0.25, 0.3) is 0 Å². The lowest BCUT2D eigenvalue weighted by atomic mass is 10.2. The van der Waals surface area contributed by atoms with Gasteiger partial charge in [0.2, 0.25) is 6.35 Å². The van der Waals surface area contributed by atoms with Crippen molar-refractivity contribution < 1.29 is 28.9 Å². The summed E-state index contributed by atoms with van der Waals surface area (Å²) in [5.41, 5.74) is 0. The van der Waals surface area contributed by atoms with Crippen molar-refractivity contribution >= 4 is 12.1 Å². The minimum atomic E-state index is -1.30. The van der Waals surface area contributed by atoms with Gasteiger partial charge in [0.1, 0.15) is 18.3 Å². The maximum absolute atomic E-state index is 13.1. The Morgan fingerprint density at radius 1 is 0.667 bits per heavy atom. The number of hydrogen-bond donors (Lipinski definition) is 1. The van der Waals surface area contributed by atoms with Gasteiger partial charge in [-0.05, 0) is 19.3 Å². The SMILES string of the molecule is CCCC1OC1CN1C(=O)N(CC2OC2CCC)C(O)N(CC2OC2CCC)C1=O. The lowest BCUT2D eigenvalue weighted by Gasteiger charge is -2.44. The van der Waals surface area contributed by atoms with Crippen LogP contribution in [0.2, 0.25) is 0 Å². The molecule has 4 fully saturated rings. The van der Waals surface area contributed by atoms with Gasteiger partial charge in [-0.15, -0.1) is 0 Å². The molecule has 6 atom stereocenters. The number of rotatable bonds is 12. The van der Waals surface area contributed by atoms with Crippen molar-refractivity contribution in [1.29, 1.82) is 0 Å². The van der Waals surface area contributed by atoms with Gasteiger partial charge in [-0.3, -0.25) is 9.80 Å². The molecule has 0 radical (unpaired) electrons. The molecule has 4 aliphatic rings. The Morgan fingerprint density at radius 2 is 1.03 bits per heavy atom. The zero-order chi connectivity index (χ0) is 21.4. The lowest BCUT2D eigenvalue weighted by molar-refractivity contribution is -0.0963. The van der Waals surface area contributed by atoms with E-state index in [1.165, 1.54) is 14.7 Å². The molecule has 0 saturated carbocycles. The number of imide groups is 1. The van der Waals surface area contributed by atoms with E-state index >= 15 is 0 Å². The van der Waals surface area contributed by atoms with Gasteiger partial charge in [0.05, 0.1) is 37.9 Å². The van der Waals surface area contributed by atoms with Crippen LogP contribution in [0.3, 0.4) is 0 Å². The van der Waals surface area contributed by atoms with E-state index < -0.39 is 18.4 Å². The molecule has 0 aliphatic carbocycles. The summed E-state index contributed by atoms with van der Waals surface area (Å²) >= 11 is 0. The summed E-state index contributed by atoms with van der Waals surface area (Å²) in [7, 11) is 0. The van der Waals surface area contributed by atoms with Gasteiger partial charge in [0.15, 0.2) is 0 Å². The first kappa shape index (κ1) is 21.8. The second kappa shape index (κ2) is 8.98. The second-order valence-corrected chi connectivity index (χ2v) is 8.83. The molecule has 4 saturated heterocycles. The zero-order valence-corrected chi connectivity index (χ0v) is 18.2. The molecule has 30 heavy (non-hydrogen) atoms. The summed E-state index contributed by atoms with van der Waals surface area (Å²) in [6.45, 7) is 7.03. The predicted molar refractivity (Wildman–Crippen MR) is 108 cm³/mol. The van der Waals surface area contributed by atoms with Crippen LogP contribution in [-0.4, -0.2) is 94.5 Å². The molecule has 4 rings (SSSR count). The number of epoxide rings is 3. The molecule has 0 spiro atoms. The first-order valence-corrected chi connectivity index (χ1v) is 11.5. The Kier molecular flexibility index (Phi) is 6.53. The van der Waals surface area contributed by atoms with Crippen LogP contribution >= 0.6 is 0 Å². The number of aliphatic hydroxyl groups is 1. The van der Waals surface area contributed by atoms with E-state index in [1.54, 1.807) is 0 Å². The quantitative estimate of drug-likeness (QED) is 0.481. The Hall–Kier alpha value is -1.42. The minimum absolute atomic E-state index is 0.0875. The van der Waals surface area contributed by atoms with Crippen molar-refractivity contribution in [1.82, 2.24) is 14.7 Å². The number of ether oxygens (including phenoxy) is 3. The third-order valence-corrected chi connectivity index (χ3v) is 6.41. The van der Waals surface area contributed by atoms with Crippen molar-refractivity contribution in [3.63, 3.8) is 0 Å². The van der Waals surface area contributed by atoms with Gasteiger partial charge in [0.25, 0.3) is 0 Å². The highest BCUT2D eigenvalue weighted by molar-refractivity contribution is 5.96. The maximum atomic E-state index is 13.1. The lowest BCUT2D eigenvalue weighted by Crippen LogP contribution is -2.68. The van der Waals surface area contributed by atoms with Gasteiger partial charge in [-0.2, -0.15) is 0 Å². The largest absolute Gasteiger partial charge is 0.368 e. The third-order valence-electron chi connectivity index (χ3n) is 6.41. The fraction of sp³-hybridized carbons (Fsp3) is 0.905. The van der Waals surface area contributed by atoms with Gasteiger partial charge in [-0.1, -0.05) is 40.0 Å². The summed E-state index contributed by atoms with van der Waals surface area (Å²) in [6, 6.07) is -0.941. The van der Waals surface area contributed by atoms with Crippen LogP contribution in [0.4, 0.5) is 9.59 Å². The van der Waals surface area contributed by atoms with E-state index in [1.807, 2.05) is 0 Å². The molecule has 0 aromatic carbocycles. The molecule has 1 N–H and O–H groups in total. The first-order valence-electron chi connectivity index (χ1n) is 11.5. The van der Waals surface area contributed by atoms with Gasteiger partial charge in [-0.25, -0.2) is 14.5 Å². The highest BCUT2D eigenvalue weighted by Gasteiger charge is 2.52. The second-order valence-electron chi connectivity index (χ2n) is 8.83. The normalized spacial score (nSPS) is 37.7. The summed E-state index contributed by atoms with van der Waals surface area (Å²) in [4.78, 5) is 30.2. The Bertz CT molecular complexity index is 606. The zero-order valence-electron chi connectivity index (χ0n) is 18.2. The topological polar surface area (TPSA) is 102 Å². The molecular weight excluding hydrogens is 390 g/mol. The monoisotopic (exact) mass is 425 g/mol. The van der Waals surface area contributed by atoms with Crippen LogP contribution < -0.4 is 0 Å². The molecule has 4 heterocycles. The molecule has 4 amide bonds. The fourth-order valence-electron chi connectivity index (χ4n) is 4.46. The maximum Gasteiger partial charge on any atom is 0.331 e. The molecular formula is C21H35N3O6. The summed E-state index contributed by atoms with van der Waals surface area (Å²) in [6.07, 6.45) is 4.53. The van der Waals surface area contributed by atoms with Gasteiger partial charge < -0.3 is 19.3 Å². The van der Waals surface area contributed by atoms with Crippen molar-refractivity contribution in [2.75, 3.05) is 19.6 Å². The number of nitrogens with zero attached hydrogens (tertiary/aromatic N) is 3. The van der Waals surface area contributed by atoms with E-state index in [0.717, 1.165) is 38.5 Å². The smallest absolute Gasteiger partial charge is 0.331 e.